The Morgan fingerprint density at radius 1 is 0.931 bits per heavy atom. The number of piperidine rings is 2. The van der Waals surface area contributed by atoms with Crippen LogP contribution in [0.4, 0.5) is 27.4 Å². The van der Waals surface area contributed by atoms with Gasteiger partial charge in [-0.2, -0.15) is 0 Å². The lowest BCUT2D eigenvalue weighted by Gasteiger charge is -2.45. The third-order valence-electron chi connectivity index (χ3n) is 12.5. The second kappa shape index (κ2) is 16.5. The van der Waals surface area contributed by atoms with E-state index >= 15 is 4.39 Å². The third kappa shape index (κ3) is 8.04. The number of amides is 4. The second-order valence-electron chi connectivity index (χ2n) is 16.3. The number of rotatable bonds is 8. The highest BCUT2D eigenvalue weighted by Crippen LogP contribution is 2.34. The van der Waals surface area contributed by atoms with Gasteiger partial charge in [0.15, 0.2) is 0 Å². The summed E-state index contributed by atoms with van der Waals surface area (Å²) >= 11 is 6.31. The van der Waals surface area contributed by atoms with Crippen molar-refractivity contribution in [3.8, 4) is 0 Å². The number of hydrogen-bond donors (Lipinski definition) is 1. The summed E-state index contributed by atoms with van der Waals surface area (Å²) < 4.78 is 15.4. The Kier molecular flexibility index (Phi) is 11.2. The first-order valence-corrected chi connectivity index (χ1v) is 20.6. The predicted octanol–water partition coefficient (Wildman–Crippen LogP) is 4.29. The Morgan fingerprint density at radius 2 is 1.67 bits per heavy atom. The van der Waals surface area contributed by atoms with Crippen molar-refractivity contribution in [3.05, 3.63) is 81.7 Å². The number of nitrogens with zero attached hydrogens (tertiary/aromatic N) is 9. The zero-order valence-electron chi connectivity index (χ0n) is 32.9. The van der Waals surface area contributed by atoms with Crippen LogP contribution in [0.25, 0.3) is 4.85 Å². The molecule has 4 amide bonds. The molecule has 0 radical (unpaired) electrons. The van der Waals surface area contributed by atoms with Gasteiger partial charge in [0.2, 0.25) is 29.4 Å². The van der Waals surface area contributed by atoms with Gasteiger partial charge in [0, 0.05) is 113 Å². The van der Waals surface area contributed by atoms with Crippen LogP contribution in [0.1, 0.15) is 61.0 Å². The van der Waals surface area contributed by atoms with E-state index in [1.165, 1.54) is 11.0 Å². The number of halogens is 2. The lowest BCUT2D eigenvalue weighted by molar-refractivity contribution is -0.137. The summed E-state index contributed by atoms with van der Waals surface area (Å²) in [7, 11) is 0. The van der Waals surface area contributed by atoms with Crippen molar-refractivity contribution >= 4 is 58.2 Å². The SMILES string of the molecule is [C-]#[N+]c1ccc(N2C[C@@H](C)N(C(=O)Cc3cnc(N4CCC(CN5CCN(c6cc7c(cc6F)C(=O)N([C@H]6CCC(=O)NC6=O)C7)CC5)CC4)nc3)C[C@@H]2C)cc1Cl. The van der Waals surface area contributed by atoms with Crippen molar-refractivity contribution in [3.63, 3.8) is 0 Å². The molecule has 4 saturated heterocycles. The Balaban J connectivity index is 0.779. The van der Waals surface area contributed by atoms with Gasteiger partial charge in [-0.25, -0.2) is 19.2 Å². The number of benzene rings is 2. The first kappa shape index (κ1) is 39.5. The molecule has 3 aromatic rings. The highest BCUT2D eigenvalue weighted by molar-refractivity contribution is 6.33. The molecular weight excluding hydrogens is 763 g/mol. The van der Waals surface area contributed by atoms with E-state index in [9.17, 15) is 19.2 Å². The minimum absolute atomic E-state index is 0.00391. The second-order valence-corrected chi connectivity index (χ2v) is 16.7. The molecule has 2 aromatic carbocycles. The summed E-state index contributed by atoms with van der Waals surface area (Å²) in [6, 6.07) is 7.90. The van der Waals surface area contributed by atoms with Gasteiger partial charge >= 0.3 is 0 Å². The Bertz CT molecular complexity index is 2130. The van der Waals surface area contributed by atoms with Crippen molar-refractivity contribution in [1.29, 1.82) is 0 Å². The molecule has 0 unspecified atom stereocenters. The van der Waals surface area contributed by atoms with Crippen LogP contribution in [0, 0.1) is 18.3 Å². The van der Waals surface area contributed by atoms with Crippen LogP contribution in [-0.2, 0) is 27.3 Å². The van der Waals surface area contributed by atoms with Crippen molar-refractivity contribution in [2.75, 3.05) is 73.6 Å². The topological polar surface area (TPSA) is 130 Å². The van der Waals surface area contributed by atoms with E-state index in [2.05, 4.69) is 48.7 Å². The van der Waals surface area contributed by atoms with E-state index in [-0.39, 0.29) is 61.2 Å². The maximum absolute atomic E-state index is 15.4. The van der Waals surface area contributed by atoms with E-state index in [1.54, 1.807) is 24.5 Å². The molecule has 58 heavy (non-hydrogen) atoms. The standard InChI is InChI=1S/C42H48ClFN10O4/c1-26-23-53(27(2)22-52(26)31-4-5-35(45-3)33(43)18-31)39(56)16-29-20-46-42(47-21-29)51-10-8-28(9-11-51)24-49-12-14-50(15-13-49)37-17-30-25-54(41(58)32(30)19-34(37)44)36-6-7-38(55)48-40(36)57/h4-5,17-21,26-28,36H,6-16,22-25H2,1-2H3,(H,48,55,57)/t26-,27+,36-/m0/s1. The van der Waals surface area contributed by atoms with Gasteiger partial charge in [-0.15, -0.1) is 0 Å². The van der Waals surface area contributed by atoms with Crippen molar-refractivity contribution < 1.29 is 23.6 Å². The van der Waals surface area contributed by atoms with Gasteiger partial charge in [-0.05, 0) is 74.4 Å². The lowest BCUT2D eigenvalue weighted by Crippen LogP contribution is -2.58. The number of anilines is 3. The average molecular weight is 811 g/mol. The largest absolute Gasteiger partial charge is 0.367 e. The number of imide groups is 1. The fourth-order valence-corrected chi connectivity index (χ4v) is 9.37. The maximum Gasteiger partial charge on any atom is 0.255 e. The molecule has 14 nitrogen and oxygen atoms in total. The Morgan fingerprint density at radius 3 is 2.36 bits per heavy atom. The van der Waals surface area contributed by atoms with E-state index in [4.69, 9.17) is 18.2 Å². The minimum atomic E-state index is -0.730. The quantitative estimate of drug-likeness (QED) is 0.260. The summed E-state index contributed by atoms with van der Waals surface area (Å²) in [6.07, 6.45) is 6.25. The van der Waals surface area contributed by atoms with Gasteiger partial charge in [0.25, 0.3) is 5.91 Å². The van der Waals surface area contributed by atoms with Crippen LogP contribution >= 0.6 is 11.6 Å². The summed E-state index contributed by atoms with van der Waals surface area (Å²) in [6.45, 7) is 18.5. The van der Waals surface area contributed by atoms with Crippen molar-refractivity contribution in [1.82, 2.24) is 30.0 Å². The van der Waals surface area contributed by atoms with Gasteiger partial charge < -0.3 is 24.5 Å². The maximum atomic E-state index is 15.4. The molecule has 5 aliphatic rings. The summed E-state index contributed by atoms with van der Waals surface area (Å²) in [4.78, 5) is 75.7. The predicted molar refractivity (Wildman–Crippen MR) is 217 cm³/mol. The summed E-state index contributed by atoms with van der Waals surface area (Å²) in [5.41, 5.74) is 3.64. The van der Waals surface area contributed by atoms with E-state index in [1.807, 2.05) is 21.9 Å². The molecule has 0 bridgehead atoms. The van der Waals surface area contributed by atoms with Gasteiger partial charge in [0.05, 0.1) is 18.7 Å². The molecule has 0 saturated carbocycles. The summed E-state index contributed by atoms with van der Waals surface area (Å²) in [5, 5.41) is 2.74. The van der Waals surface area contributed by atoms with Crippen LogP contribution in [0.5, 0.6) is 0 Å². The van der Waals surface area contributed by atoms with Crippen LogP contribution in [0.15, 0.2) is 42.7 Å². The van der Waals surface area contributed by atoms with E-state index in [0.717, 1.165) is 56.8 Å². The number of hydrogen-bond acceptors (Lipinski definition) is 10. The molecule has 1 aromatic heterocycles. The molecule has 0 spiro atoms. The first-order chi connectivity index (χ1) is 27.9. The fraction of sp³-hybridized carbons (Fsp3) is 0.500. The third-order valence-corrected chi connectivity index (χ3v) is 12.8. The molecule has 0 aliphatic carbocycles. The number of carbonyl (C=O) groups is 4. The average Bonchev–Trinajstić information content (AvgIpc) is 3.53. The number of carbonyl (C=O) groups excluding carboxylic acids is 4. The van der Waals surface area contributed by atoms with E-state index in [0.29, 0.717) is 60.0 Å². The van der Waals surface area contributed by atoms with Crippen LogP contribution in [-0.4, -0.2) is 125 Å². The fourth-order valence-electron chi connectivity index (χ4n) is 9.15. The monoisotopic (exact) mass is 810 g/mol. The van der Waals surface area contributed by atoms with Gasteiger partial charge in [-0.3, -0.25) is 29.4 Å². The molecule has 304 valence electrons. The zero-order chi connectivity index (χ0) is 40.7. The van der Waals surface area contributed by atoms with Crippen LogP contribution in [0.3, 0.4) is 0 Å². The molecular formula is C42H48ClFN10O4. The highest BCUT2D eigenvalue weighted by atomic mass is 35.5. The minimum Gasteiger partial charge on any atom is -0.367 e. The zero-order valence-corrected chi connectivity index (χ0v) is 33.6. The Hall–Kier alpha value is -5.33. The van der Waals surface area contributed by atoms with Gasteiger partial charge in [0.1, 0.15) is 11.9 Å². The number of piperazine rings is 2. The molecule has 4 fully saturated rings. The number of aromatic nitrogens is 2. The molecule has 5 aliphatic heterocycles. The van der Waals surface area contributed by atoms with Gasteiger partial charge in [-0.1, -0.05) is 17.7 Å². The molecule has 16 heteroatoms. The number of fused-ring (bicyclic) bond motifs is 1. The Labute approximate surface area is 342 Å². The van der Waals surface area contributed by atoms with Crippen LogP contribution in [0.2, 0.25) is 5.02 Å². The highest BCUT2D eigenvalue weighted by Gasteiger charge is 2.40. The smallest absolute Gasteiger partial charge is 0.255 e. The molecule has 6 heterocycles. The molecule has 1 N–H and O–H groups in total. The lowest BCUT2D eigenvalue weighted by atomic mass is 9.96. The number of nitrogens with one attached hydrogen (secondary N) is 1. The summed E-state index contributed by atoms with van der Waals surface area (Å²) in [5.74, 6) is -0.373. The van der Waals surface area contributed by atoms with Crippen LogP contribution < -0.4 is 20.0 Å². The first-order valence-electron chi connectivity index (χ1n) is 20.2. The van der Waals surface area contributed by atoms with Crippen molar-refractivity contribution in [2.45, 2.75) is 70.6 Å². The molecule has 8 rings (SSSR count). The normalized spacial score (nSPS) is 23.3. The van der Waals surface area contributed by atoms with Crippen molar-refractivity contribution in [2.24, 2.45) is 5.92 Å². The molecule has 3 atom stereocenters. The van der Waals surface area contributed by atoms with E-state index < -0.39 is 17.8 Å².